The molecule has 0 spiro atoms. The Bertz CT molecular complexity index is 204. The Morgan fingerprint density at radius 3 is 3.00 bits per heavy atom. The second kappa shape index (κ2) is 4.97. The van der Waals surface area contributed by atoms with E-state index in [4.69, 9.17) is 4.74 Å². The smallest absolute Gasteiger partial charge is 0.240 e. The van der Waals surface area contributed by atoms with Crippen molar-refractivity contribution in [3.63, 3.8) is 0 Å². The molecule has 0 bridgehead atoms. The summed E-state index contributed by atoms with van der Waals surface area (Å²) in [5.74, 6) is 0.356. The van der Waals surface area contributed by atoms with Gasteiger partial charge in [0, 0.05) is 12.8 Å². The molecule has 0 aromatic rings. The molecule has 0 atom stereocenters. The van der Waals surface area contributed by atoms with E-state index >= 15 is 0 Å². The van der Waals surface area contributed by atoms with Gasteiger partial charge in [0.05, 0.1) is 18.9 Å². The lowest BCUT2D eigenvalue weighted by Gasteiger charge is -2.02. The number of rotatable bonds is 3. The zero-order chi connectivity index (χ0) is 9.68. The summed E-state index contributed by atoms with van der Waals surface area (Å²) in [5.41, 5.74) is 3.45. The molecule has 0 unspecified atom stereocenters. The third-order valence-corrected chi connectivity index (χ3v) is 1.74. The molecule has 1 aliphatic heterocycles. The van der Waals surface area contributed by atoms with Crippen molar-refractivity contribution in [2.75, 3.05) is 13.2 Å². The third-order valence-electron chi connectivity index (χ3n) is 1.74. The molecule has 1 heterocycles. The van der Waals surface area contributed by atoms with Crippen LogP contribution in [0.25, 0.3) is 0 Å². The summed E-state index contributed by atoms with van der Waals surface area (Å²) in [4.78, 5) is 11.2. The second-order valence-electron chi connectivity index (χ2n) is 3.61. The average Bonchev–Trinajstić information content (AvgIpc) is 2.51. The van der Waals surface area contributed by atoms with Gasteiger partial charge in [-0.2, -0.15) is 5.10 Å². The maximum Gasteiger partial charge on any atom is 0.240 e. The topological polar surface area (TPSA) is 50.7 Å². The van der Waals surface area contributed by atoms with Crippen molar-refractivity contribution in [1.29, 1.82) is 0 Å². The van der Waals surface area contributed by atoms with Crippen LogP contribution in [-0.4, -0.2) is 24.8 Å². The summed E-state index contributed by atoms with van der Waals surface area (Å²) >= 11 is 0. The summed E-state index contributed by atoms with van der Waals surface area (Å²) in [5, 5.41) is 3.97. The van der Waals surface area contributed by atoms with Crippen molar-refractivity contribution in [1.82, 2.24) is 5.43 Å². The molecule has 74 valence electrons. The van der Waals surface area contributed by atoms with Crippen LogP contribution in [-0.2, 0) is 9.53 Å². The molecule has 1 aliphatic rings. The van der Waals surface area contributed by atoms with Crippen LogP contribution in [0.15, 0.2) is 5.10 Å². The molecule has 1 fully saturated rings. The Morgan fingerprint density at radius 1 is 1.69 bits per heavy atom. The molecule has 1 saturated heterocycles. The van der Waals surface area contributed by atoms with Gasteiger partial charge in [0.2, 0.25) is 5.91 Å². The summed E-state index contributed by atoms with van der Waals surface area (Å²) in [6.07, 6.45) is 1.36. The van der Waals surface area contributed by atoms with Gasteiger partial charge in [-0.25, -0.2) is 5.43 Å². The number of amides is 1. The minimum absolute atomic E-state index is 0.0191. The van der Waals surface area contributed by atoms with E-state index in [-0.39, 0.29) is 5.91 Å². The minimum atomic E-state index is -0.0191. The maximum absolute atomic E-state index is 11.2. The lowest BCUT2D eigenvalue weighted by molar-refractivity contribution is -0.121. The highest BCUT2D eigenvalue weighted by Crippen LogP contribution is 2.00. The summed E-state index contributed by atoms with van der Waals surface area (Å²) in [6.45, 7) is 5.29. The minimum Gasteiger partial charge on any atom is -0.375 e. The van der Waals surface area contributed by atoms with Gasteiger partial charge in [0.25, 0.3) is 0 Å². The number of carbonyl (C=O) groups excluding carboxylic acids is 1. The van der Waals surface area contributed by atoms with Crippen LogP contribution in [0.3, 0.4) is 0 Å². The molecule has 0 aliphatic carbocycles. The first-order valence-corrected chi connectivity index (χ1v) is 4.60. The molecule has 1 N–H and O–H groups in total. The van der Waals surface area contributed by atoms with Gasteiger partial charge in [-0.1, -0.05) is 13.8 Å². The van der Waals surface area contributed by atoms with Gasteiger partial charge in [-0.15, -0.1) is 0 Å². The predicted octanol–water partition coefficient (Wildman–Crippen LogP) is 0.925. The highest BCUT2D eigenvalue weighted by molar-refractivity contribution is 5.88. The third kappa shape index (κ3) is 4.03. The molecule has 1 rings (SSSR count). The normalized spacial score (nSPS) is 19.8. The molecule has 13 heavy (non-hydrogen) atoms. The Hall–Kier alpha value is -0.900. The van der Waals surface area contributed by atoms with Crippen LogP contribution >= 0.6 is 0 Å². The molecule has 0 aromatic heterocycles. The molecule has 4 heteroatoms. The van der Waals surface area contributed by atoms with E-state index in [1.807, 2.05) is 13.8 Å². The van der Waals surface area contributed by atoms with Gasteiger partial charge in [0.1, 0.15) is 0 Å². The number of hydrazone groups is 1. The molecule has 0 saturated carbocycles. The van der Waals surface area contributed by atoms with Crippen LogP contribution in [0, 0.1) is 5.92 Å². The van der Waals surface area contributed by atoms with Crippen molar-refractivity contribution in [3.05, 3.63) is 0 Å². The SMILES string of the molecule is CC(C)CC(=O)N/N=C1/CCOC1. The monoisotopic (exact) mass is 184 g/mol. The van der Waals surface area contributed by atoms with Crippen molar-refractivity contribution in [2.24, 2.45) is 11.0 Å². The largest absolute Gasteiger partial charge is 0.375 e. The average molecular weight is 184 g/mol. The highest BCUT2D eigenvalue weighted by atomic mass is 16.5. The number of hydrogen-bond donors (Lipinski definition) is 1. The zero-order valence-electron chi connectivity index (χ0n) is 8.17. The standard InChI is InChI=1S/C9H16N2O2/c1-7(2)5-9(12)11-10-8-3-4-13-6-8/h7H,3-6H2,1-2H3,(H,11,12)/b10-8-. The molecule has 0 radical (unpaired) electrons. The lowest BCUT2D eigenvalue weighted by atomic mass is 10.1. The molecular weight excluding hydrogens is 168 g/mol. The summed E-state index contributed by atoms with van der Waals surface area (Å²) < 4.78 is 5.09. The first kappa shape index (κ1) is 10.2. The lowest BCUT2D eigenvalue weighted by Crippen LogP contribution is -2.21. The van der Waals surface area contributed by atoms with Crippen LogP contribution < -0.4 is 5.43 Å². The van der Waals surface area contributed by atoms with Gasteiger partial charge in [-0.3, -0.25) is 4.79 Å². The van der Waals surface area contributed by atoms with Crippen molar-refractivity contribution in [2.45, 2.75) is 26.7 Å². The van der Waals surface area contributed by atoms with Crippen molar-refractivity contribution < 1.29 is 9.53 Å². The van der Waals surface area contributed by atoms with E-state index in [9.17, 15) is 4.79 Å². The van der Waals surface area contributed by atoms with E-state index in [0.29, 0.717) is 18.9 Å². The number of nitrogens with one attached hydrogen (secondary N) is 1. The van der Waals surface area contributed by atoms with Gasteiger partial charge in [0.15, 0.2) is 0 Å². The first-order chi connectivity index (χ1) is 6.18. The maximum atomic E-state index is 11.2. The molecule has 1 amide bonds. The van der Waals surface area contributed by atoms with E-state index in [1.165, 1.54) is 0 Å². The Morgan fingerprint density at radius 2 is 2.46 bits per heavy atom. The van der Waals surface area contributed by atoms with Crippen LogP contribution in [0.2, 0.25) is 0 Å². The number of nitrogens with zero attached hydrogens (tertiary/aromatic N) is 1. The fraction of sp³-hybridized carbons (Fsp3) is 0.778. The Labute approximate surface area is 78.3 Å². The Balaban J connectivity index is 2.24. The van der Waals surface area contributed by atoms with E-state index < -0.39 is 0 Å². The Kier molecular flexibility index (Phi) is 3.89. The second-order valence-corrected chi connectivity index (χ2v) is 3.61. The van der Waals surface area contributed by atoms with Crippen molar-refractivity contribution >= 4 is 11.6 Å². The fourth-order valence-electron chi connectivity index (χ4n) is 1.10. The van der Waals surface area contributed by atoms with Crippen LogP contribution in [0.4, 0.5) is 0 Å². The first-order valence-electron chi connectivity index (χ1n) is 4.60. The van der Waals surface area contributed by atoms with Crippen molar-refractivity contribution in [3.8, 4) is 0 Å². The highest BCUT2D eigenvalue weighted by Gasteiger charge is 2.09. The fourth-order valence-corrected chi connectivity index (χ4v) is 1.10. The van der Waals surface area contributed by atoms with Crippen LogP contribution in [0.1, 0.15) is 26.7 Å². The summed E-state index contributed by atoms with van der Waals surface area (Å²) in [7, 11) is 0. The number of ether oxygens (including phenoxy) is 1. The van der Waals surface area contributed by atoms with E-state index in [2.05, 4.69) is 10.5 Å². The molecular formula is C9H16N2O2. The van der Waals surface area contributed by atoms with Gasteiger partial charge >= 0.3 is 0 Å². The quantitative estimate of drug-likeness (QED) is 0.663. The number of carbonyl (C=O) groups is 1. The van der Waals surface area contributed by atoms with Gasteiger partial charge < -0.3 is 4.74 Å². The number of hydrogen-bond acceptors (Lipinski definition) is 3. The summed E-state index contributed by atoms with van der Waals surface area (Å²) in [6, 6.07) is 0. The van der Waals surface area contributed by atoms with Crippen LogP contribution in [0.5, 0.6) is 0 Å². The van der Waals surface area contributed by atoms with E-state index in [1.54, 1.807) is 0 Å². The molecule has 0 aromatic carbocycles. The predicted molar refractivity (Wildman–Crippen MR) is 50.5 cm³/mol. The van der Waals surface area contributed by atoms with Gasteiger partial charge in [-0.05, 0) is 5.92 Å². The zero-order valence-corrected chi connectivity index (χ0v) is 8.17. The molecule has 4 nitrogen and oxygen atoms in total. The van der Waals surface area contributed by atoms with E-state index in [0.717, 1.165) is 18.7 Å².